The van der Waals surface area contributed by atoms with Crippen LogP contribution in [-0.4, -0.2) is 15.2 Å². The van der Waals surface area contributed by atoms with Gasteiger partial charge in [0.25, 0.3) is 0 Å². The summed E-state index contributed by atoms with van der Waals surface area (Å²) in [5.74, 6) is -0.229. The summed E-state index contributed by atoms with van der Waals surface area (Å²) in [6, 6.07) is 14.6. The predicted molar refractivity (Wildman–Crippen MR) is 91.2 cm³/mol. The van der Waals surface area contributed by atoms with Gasteiger partial charge in [0, 0.05) is 39.5 Å². The maximum Gasteiger partial charge on any atom is 0.160 e. The molecule has 24 heavy (non-hydrogen) atoms. The number of H-pyrrole nitrogens is 1. The lowest BCUT2D eigenvalue weighted by Crippen LogP contribution is -2.12. The van der Waals surface area contributed by atoms with Crippen molar-refractivity contribution in [2.75, 3.05) is 5.32 Å². The van der Waals surface area contributed by atoms with Crippen LogP contribution < -0.4 is 5.32 Å². The van der Waals surface area contributed by atoms with E-state index in [0.717, 1.165) is 27.8 Å². The van der Waals surface area contributed by atoms with Crippen molar-refractivity contribution in [2.45, 2.75) is 6.04 Å². The third kappa shape index (κ3) is 1.78. The van der Waals surface area contributed by atoms with E-state index in [1.165, 1.54) is 6.07 Å². The average Bonchev–Trinajstić information content (AvgIpc) is 2.98. The summed E-state index contributed by atoms with van der Waals surface area (Å²) in [4.78, 5) is 3.16. The third-order valence-corrected chi connectivity index (χ3v) is 4.55. The van der Waals surface area contributed by atoms with Gasteiger partial charge in [-0.1, -0.05) is 36.4 Å². The number of aromatic nitrogens is 3. The van der Waals surface area contributed by atoms with Gasteiger partial charge in [-0.15, -0.1) is 5.10 Å². The maximum atomic E-state index is 14.5. The largest absolute Gasteiger partial charge is 0.373 e. The van der Waals surface area contributed by atoms with E-state index in [-0.39, 0.29) is 11.9 Å². The highest BCUT2D eigenvalue weighted by atomic mass is 19.1. The molecule has 0 fully saturated rings. The Labute approximate surface area is 137 Å². The lowest BCUT2D eigenvalue weighted by Gasteiger charge is -2.20. The number of benzene rings is 2. The summed E-state index contributed by atoms with van der Waals surface area (Å²) >= 11 is 0. The van der Waals surface area contributed by atoms with Crippen LogP contribution in [0, 0.1) is 5.82 Å². The molecular weight excluding hydrogens is 303 g/mol. The van der Waals surface area contributed by atoms with Crippen molar-refractivity contribution in [3.63, 3.8) is 0 Å². The zero-order valence-electron chi connectivity index (χ0n) is 12.6. The number of nitrogens with one attached hydrogen (secondary N) is 2. The molecule has 2 aromatic heterocycles. The van der Waals surface area contributed by atoms with Crippen molar-refractivity contribution < 1.29 is 4.39 Å². The molecule has 0 aliphatic carbocycles. The fourth-order valence-electron chi connectivity index (χ4n) is 3.46. The molecular formula is C19H13FN4. The average molecular weight is 316 g/mol. The first-order valence-electron chi connectivity index (χ1n) is 7.76. The van der Waals surface area contributed by atoms with Crippen LogP contribution in [0.1, 0.15) is 17.2 Å². The van der Waals surface area contributed by atoms with Crippen LogP contribution in [0.3, 0.4) is 0 Å². The Morgan fingerprint density at radius 1 is 0.917 bits per heavy atom. The summed E-state index contributed by atoms with van der Waals surface area (Å²) in [5, 5.41) is 12.8. The monoisotopic (exact) mass is 316 g/mol. The second-order valence-electron chi connectivity index (χ2n) is 5.87. The van der Waals surface area contributed by atoms with Crippen molar-refractivity contribution in [1.29, 1.82) is 0 Å². The highest BCUT2D eigenvalue weighted by Gasteiger charge is 2.27. The minimum Gasteiger partial charge on any atom is -0.373 e. The molecule has 116 valence electrons. The number of halogens is 1. The van der Waals surface area contributed by atoms with Gasteiger partial charge in [0.15, 0.2) is 5.65 Å². The number of nitrogens with zero attached hydrogens (tertiary/aromatic N) is 2. The normalized spacial score (nSPS) is 15.6. The van der Waals surface area contributed by atoms with Crippen molar-refractivity contribution in [3.8, 4) is 11.1 Å². The number of hydrogen-bond donors (Lipinski definition) is 2. The van der Waals surface area contributed by atoms with E-state index in [2.05, 4.69) is 20.5 Å². The minimum atomic E-state index is -0.299. The van der Waals surface area contributed by atoms with Gasteiger partial charge < -0.3 is 10.3 Å². The van der Waals surface area contributed by atoms with E-state index in [1.807, 2.05) is 42.6 Å². The maximum absolute atomic E-state index is 14.5. The van der Waals surface area contributed by atoms with Crippen LogP contribution in [-0.2, 0) is 0 Å². The van der Waals surface area contributed by atoms with Crippen molar-refractivity contribution in [2.24, 2.45) is 0 Å². The third-order valence-electron chi connectivity index (χ3n) is 4.55. The zero-order valence-corrected chi connectivity index (χ0v) is 12.6. The number of rotatable bonds is 1. The first-order valence-corrected chi connectivity index (χ1v) is 7.76. The van der Waals surface area contributed by atoms with Crippen LogP contribution in [0.2, 0.25) is 0 Å². The van der Waals surface area contributed by atoms with Gasteiger partial charge in [-0.2, -0.15) is 5.10 Å². The molecule has 2 aromatic carbocycles. The van der Waals surface area contributed by atoms with Crippen LogP contribution in [0.4, 0.5) is 10.1 Å². The van der Waals surface area contributed by atoms with Crippen molar-refractivity contribution >= 4 is 16.7 Å². The molecule has 5 rings (SSSR count). The molecule has 0 spiro atoms. The number of aromatic amines is 1. The summed E-state index contributed by atoms with van der Waals surface area (Å²) in [5.41, 5.74) is 5.28. The van der Waals surface area contributed by atoms with Gasteiger partial charge in [-0.3, -0.25) is 0 Å². The fourth-order valence-corrected chi connectivity index (χ4v) is 3.46. The molecule has 2 N–H and O–H groups in total. The van der Waals surface area contributed by atoms with Gasteiger partial charge in [-0.25, -0.2) is 4.39 Å². The first-order chi connectivity index (χ1) is 11.8. The number of anilines is 1. The smallest absolute Gasteiger partial charge is 0.160 e. The van der Waals surface area contributed by atoms with Gasteiger partial charge >= 0.3 is 0 Å². The number of hydrogen-bond acceptors (Lipinski definition) is 3. The highest BCUT2D eigenvalue weighted by Crippen LogP contribution is 2.43. The zero-order chi connectivity index (χ0) is 16.1. The summed E-state index contributed by atoms with van der Waals surface area (Å²) in [7, 11) is 0. The van der Waals surface area contributed by atoms with E-state index in [9.17, 15) is 4.39 Å². The Morgan fingerprint density at radius 3 is 2.67 bits per heavy atom. The highest BCUT2D eigenvalue weighted by molar-refractivity contribution is 6.00. The van der Waals surface area contributed by atoms with E-state index < -0.39 is 0 Å². The number of fused-ring (bicyclic) bond motifs is 2. The SMILES string of the molecule is Fc1ccccc1C1Nc2ccccc2-c2cnnc3[nH]cc1c23. The molecule has 0 saturated carbocycles. The van der Waals surface area contributed by atoms with E-state index in [4.69, 9.17) is 0 Å². The molecule has 4 nitrogen and oxygen atoms in total. The van der Waals surface area contributed by atoms with Gasteiger partial charge in [0.1, 0.15) is 5.82 Å². The Kier molecular flexibility index (Phi) is 2.70. The second kappa shape index (κ2) is 4.89. The Hall–Kier alpha value is -3.21. The molecule has 1 unspecified atom stereocenters. The molecule has 3 heterocycles. The topological polar surface area (TPSA) is 53.6 Å². The van der Waals surface area contributed by atoms with Crippen LogP contribution >= 0.6 is 0 Å². The first kappa shape index (κ1) is 13.2. The Bertz CT molecular complexity index is 1070. The quantitative estimate of drug-likeness (QED) is 0.551. The molecule has 1 atom stereocenters. The lowest BCUT2D eigenvalue weighted by molar-refractivity contribution is 0.605. The molecule has 0 radical (unpaired) electrons. The predicted octanol–water partition coefficient (Wildman–Crippen LogP) is 4.28. The van der Waals surface area contributed by atoms with Gasteiger partial charge in [0.05, 0.1) is 12.2 Å². The minimum absolute atomic E-state index is 0.229. The lowest BCUT2D eigenvalue weighted by atomic mass is 9.97. The fraction of sp³-hybridized carbons (Fsp3) is 0.0526. The van der Waals surface area contributed by atoms with Crippen LogP contribution in [0.15, 0.2) is 60.9 Å². The molecule has 1 aliphatic rings. The summed E-state index contributed by atoms with van der Waals surface area (Å²) in [6.07, 6.45) is 3.66. The van der Waals surface area contributed by atoms with Crippen molar-refractivity contribution in [1.82, 2.24) is 15.2 Å². The molecule has 0 bridgehead atoms. The van der Waals surface area contributed by atoms with E-state index in [0.29, 0.717) is 11.2 Å². The van der Waals surface area contributed by atoms with E-state index in [1.54, 1.807) is 12.3 Å². The molecule has 4 aromatic rings. The number of para-hydroxylation sites is 1. The second-order valence-corrected chi connectivity index (χ2v) is 5.87. The summed E-state index contributed by atoms with van der Waals surface area (Å²) < 4.78 is 14.5. The van der Waals surface area contributed by atoms with E-state index >= 15 is 0 Å². The van der Waals surface area contributed by atoms with Crippen molar-refractivity contribution in [3.05, 3.63) is 77.9 Å². The van der Waals surface area contributed by atoms with Crippen LogP contribution in [0.25, 0.3) is 22.2 Å². The molecule has 0 saturated heterocycles. The van der Waals surface area contributed by atoms with Gasteiger partial charge in [-0.05, 0) is 12.1 Å². The molecule has 5 heteroatoms. The standard InChI is InChI=1S/C19H13FN4/c20-15-7-3-1-6-12(15)18-14-9-21-19-17(14)13(10-22-24-19)11-5-2-4-8-16(11)23-18/h1-10,18,23H,(H,21,24). The Balaban J connectivity index is 1.87. The summed E-state index contributed by atoms with van der Waals surface area (Å²) in [6.45, 7) is 0. The molecule has 1 aliphatic heterocycles. The van der Waals surface area contributed by atoms with Gasteiger partial charge in [0.2, 0.25) is 0 Å². The van der Waals surface area contributed by atoms with Crippen LogP contribution in [0.5, 0.6) is 0 Å². The molecule has 0 amide bonds. The Morgan fingerprint density at radius 2 is 1.75 bits per heavy atom.